The molecule has 83 heavy (non-hydrogen) atoms. The Labute approximate surface area is 488 Å². The van der Waals surface area contributed by atoms with Crippen molar-refractivity contribution < 1.29 is 48.3 Å². The number of benzene rings is 4. The minimum atomic E-state index is -1.31. The van der Waals surface area contributed by atoms with E-state index in [0.29, 0.717) is 53.0 Å². The van der Waals surface area contributed by atoms with E-state index in [2.05, 4.69) is 97.1 Å². The Morgan fingerprint density at radius 2 is 1.65 bits per heavy atom. The predicted octanol–water partition coefficient (Wildman–Crippen LogP) is 13.5. The number of hydrogen-bond donors (Lipinski definition) is 3. The largest absolute Gasteiger partial charge is 0.482 e. The topological polar surface area (TPSA) is 162 Å². The van der Waals surface area contributed by atoms with Crippen molar-refractivity contribution in [2.24, 2.45) is 29.1 Å². The molecule has 3 N–H and O–H groups in total. The number of methoxy groups -OCH3 is 1. The molecule has 4 aromatic carbocycles. The first-order valence-electron chi connectivity index (χ1n) is 31.4. The van der Waals surface area contributed by atoms with Gasteiger partial charge in [0, 0.05) is 60.3 Å². The van der Waals surface area contributed by atoms with Gasteiger partial charge in [-0.1, -0.05) is 123 Å². The normalized spacial score (nSPS) is 31.0. The number of aryl methyl sites for hydroxylation is 1. The second kappa shape index (κ2) is 23.0. The van der Waals surface area contributed by atoms with Gasteiger partial charge in [-0.05, 0) is 182 Å². The van der Waals surface area contributed by atoms with E-state index >= 15 is 9.59 Å². The fraction of sp³-hybridized carbons (Fsp3) is 0.514. The van der Waals surface area contributed by atoms with Crippen molar-refractivity contribution in [3.05, 3.63) is 175 Å². The molecule has 11 heteroatoms. The first-order valence-corrected chi connectivity index (χ1v) is 31.4. The molecule has 6 aliphatic carbocycles. The average Bonchev–Trinajstić information content (AvgIpc) is 2.31. The third-order valence-corrected chi connectivity index (χ3v) is 22.0. The molecule has 0 amide bonds. The highest BCUT2D eigenvalue weighted by molar-refractivity contribution is 5.90. The molecule has 1 aromatic heterocycles. The van der Waals surface area contributed by atoms with Gasteiger partial charge in [-0.15, -0.1) is 0 Å². The standard InChI is InChI=1S/C72H82O11/c1-44(41-74)55-25-19-45-17-20-46(21-18-45)56-26-23-50(49-12-9-15-54(38-49)71-33-6-5-14-53(71)24-22-47-11-3-4-16-59(47)71)37-52(56)39-62(76)80-66-64-61(28-27-57-58(42-75)63(69(78)81-65(57)64)51(30-36-73)43-79-2)83-72(67(66)82-68(55)77)34-10-13-48-29-35-70(40-60(48)72)31-7-8-32-70/h3-4,9-13,15-18,20-22,24,27-28,38,48,50-53,56,60,66-67,73-75H,5-8,14,19,23,25-26,29-37,39-43H2,1-2H3/b55-44-/t48-,50+,51-,52-,53-,56+,60+,66-,67+,71+,72+/m1/s1. The summed E-state index contributed by atoms with van der Waals surface area (Å²) in [4.78, 5) is 46.0. The Bertz CT molecular complexity index is 3410. The van der Waals surface area contributed by atoms with E-state index in [1.165, 1.54) is 47.8 Å². The summed E-state index contributed by atoms with van der Waals surface area (Å²) in [6.45, 7) is 0.763. The third-order valence-electron chi connectivity index (χ3n) is 22.0. The Kier molecular flexibility index (Phi) is 15.6. The number of aliphatic hydroxyl groups excluding tert-OH is 3. The highest BCUT2D eigenvalue weighted by atomic mass is 16.6. The number of carbonyl (C=O) groups excluding carboxylic acids is 2. The van der Waals surface area contributed by atoms with E-state index in [0.717, 1.165) is 82.6 Å². The second-order valence-corrected chi connectivity index (χ2v) is 26.2. The van der Waals surface area contributed by atoms with Crippen LogP contribution >= 0.6 is 0 Å². The molecule has 0 unspecified atom stereocenters. The zero-order chi connectivity index (χ0) is 57.0. The van der Waals surface area contributed by atoms with Gasteiger partial charge >= 0.3 is 17.6 Å². The molecule has 4 fully saturated rings. The molecule has 0 saturated heterocycles. The lowest BCUT2D eigenvalue weighted by molar-refractivity contribution is -0.212. The van der Waals surface area contributed by atoms with E-state index in [9.17, 15) is 20.1 Å². The average molecular weight is 1120 g/mol. The van der Waals surface area contributed by atoms with Gasteiger partial charge in [0.15, 0.2) is 17.8 Å². The minimum Gasteiger partial charge on any atom is -0.482 e. The van der Waals surface area contributed by atoms with Gasteiger partial charge in [0.2, 0.25) is 0 Å². The van der Waals surface area contributed by atoms with Crippen LogP contribution < -0.4 is 10.4 Å². The summed E-state index contributed by atoms with van der Waals surface area (Å²) < 4.78 is 33.9. The maximum atomic E-state index is 15.9. The van der Waals surface area contributed by atoms with Crippen LogP contribution in [0.15, 0.2) is 124 Å². The van der Waals surface area contributed by atoms with Gasteiger partial charge in [-0.2, -0.15) is 0 Å². The van der Waals surface area contributed by atoms with Crippen molar-refractivity contribution in [1.29, 1.82) is 0 Å². The van der Waals surface area contributed by atoms with Crippen LogP contribution in [-0.2, 0) is 42.2 Å². The molecule has 436 valence electrons. The number of carbonyl (C=O) groups is 2. The Balaban J connectivity index is 0.950. The second-order valence-electron chi connectivity index (χ2n) is 26.2. The summed E-state index contributed by atoms with van der Waals surface area (Å²) in [7, 11) is 1.53. The van der Waals surface area contributed by atoms with Crippen molar-refractivity contribution in [3.8, 4) is 5.75 Å². The lowest BCUT2D eigenvalue weighted by atomic mass is 9.55. The molecular weight excluding hydrogens is 1040 g/mol. The first kappa shape index (κ1) is 56.0. The smallest absolute Gasteiger partial charge is 0.340 e. The SMILES string of the molecule is COC[C@@H](CCO)c1c(CO)c2ccc3c(c2oc1=O)[C@H]1OC(=O)C[C@H]2C[C@@H](c4cccc([C@]56CCCC[C@@H]5C=Cc5ccccc56)c4)CC[C@H]2c2ccc(cc2)CC/C(=C(\C)CO)C(=O)O[C@@H]1[C@@]1(CC=C[C@@H]2CCC4(CCCC4)C[C@@H]21)O3. The zero-order valence-corrected chi connectivity index (χ0v) is 48.5. The van der Waals surface area contributed by atoms with Crippen molar-refractivity contribution in [1.82, 2.24) is 0 Å². The van der Waals surface area contributed by atoms with Gasteiger partial charge in [-0.3, -0.25) is 4.79 Å². The number of aliphatic hydroxyl groups is 3. The van der Waals surface area contributed by atoms with Crippen molar-refractivity contribution >= 4 is 29.0 Å². The van der Waals surface area contributed by atoms with E-state index in [1.54, 1.807) is 13.0 Å². The molecule has 2 spiro atoms. The Morgan fingerprint density at radius 1 is 0.819 bits per heavy atom. The van der Waals surface area contributed by atoms with Crippen LogP contribution in [0.5, 0.6) is 5.75 Å². The maximum Gasteiger partial charge on any atom is 0.340 e. The molecule has 9 aliphatic rings. The summed E-state index contributed by atoms with van der Waals surface area (Å²) in [5.41, 5.74) is 7.41. The predicted molar refractivity (Wildman–Crippen MR) is 319 cm³/mol. The van der Waals surface area contributed by atoms with Crippen molar-refractivity contribution in [2.75, 3.05) is 26.9 Å². The van der Waals surface area contributed by atoms with E-state index in [-0.39, 0.29) is 89.8 Å². The van der Waals surface area contributed by atoms with Crippen LogP contribution in [0.1, 0.15) is 196 Å². The zero-order valence-electron chi connectivity index (χ0n) is 48.5. The molecular formula is C72H82O11. The number of hydrogen-bond acceptors (Lipinski definition) is 11. The maximum absolute atomic E-state index is 15.9. The van der Waals surface area contributed by atoms with Crippen LogP contribution in [0.2, 0.25) is 0 Å². The molecule has 11 nitrogen and oxygen atoms in total. The Morgan fingerprint density at radius 3 is 2.46 bits per heavy atom. The molecule has 11 atom stereocenters. The molecule has 5 aromatic rings. The molecule has 14 rings (SSSR count). The molecule has 4 heterocycles. The quantitative estimate of drug-likeness (QED) is 0.0557. The van der Waals surface area contributed by atoms with E-state index in [4.69, 9.17) is 23.4 Å². The number of allylic oxidation sites excluding steroid dienone is 2. The molecule has 2 bridgehead atoms. The fourth-order valence-electron chi connectivity index (χ4n) is 17.9. The van der Waals surface area contributed by atoms with Crippen LogP contribution in [-0.4, -0.2) is 65.9 Å². The van der Waals surface area contributed by atoms with Crippen LogP contribution in [0.4, 0.5) is 0 Å². The fourth-order valence-corrected chi connectivity index (χ4v) is 17.9. The monoisotopic (exact) mass is 1120 g/mol. The van der Waals surface area contributed by atoms with Crippen molar-refractivity contribution in [3.63, 3.8) is 0 Å². The molecule has 0 radical (unpaired) electrons. The van der Waals surface area contributed by atoms with Gasteiger partial charge < -0.3 is 38.7 Å². The number of rotatable bonds is 9. The Hall–Kier alpha value is -6.11. The highest BCUT2D eigenvalue weighted by Crippen LogP contribution is 2.62. The first-order chi connectivity index (χ1) is 40.5. The van der Waals surface area contributed by atoms with Crippen LogP contribution in [0.3, 0.4) is 0 Å². The summed E-state index contributed by atoms with van der Waals surface area (Å²) in [5, 5.41) is 32.6. The van der Waals surface area contributed by atoms with Crippen molar-refractivity contribution in [2.45, 2.75) is 177 Å². The van der Waals surface area contributed by atoms with Gasteiger partial charge in [0.25, 0.3) is 0 Å². The number of esters is 2. The van der Waals surface area contributed by atoms with Gasteiger partial charge in [0.05, 0.1) is 25.4 Å². The molecule has 4 saturated carbocycles. The van der Waals surface area contributed by atoms with Crippen LogP contribution in [0.25, 0.3) is 17.0 Å². The molecule has 3 aliphatic heterocycles. The summed E-state index contributed by atoms with van der Waals surface area (Å²) in [5.74, 6) is -0.807. The summed E-state index contributed by atoms with van der Waals surface area (Å²) in [6, 6.07) is 30.7. The van der Waals surface area contributed by atoms with E-state index < -0.39 is 47.9 Å². The summed E-state index contributed by atoms with van der Waals surface area (Å²) >= 11 is 0. The number of ether oxygens (including phenoxy) is 4. The lowest BCUT2D eigenvalue weighted by Gasteiger charge is -2.57. The van der Waals surface area contributed by atoms with Crippen LogP contribution in [0, 0.1) is 29.1 Å². The van der Waals surface area contributed by atoms with E-state index in [1.807, 2.05) is 6.07 Å². The third kappa shape index (κ3) is 9.87. The summed E-state index contributed by atoms with van der Waals surface area (Å²) in [6.07, 6.45) is 22.9. The van der Waals surface area contributed by atoms with Gasteiger partial charge in [0.1, 0.15) is 11.3 Å². The highest BCUT2D eigenvalue weighted by Gasteiger charge is 2.63. The lowest BCUT2D eigenvalue weighted by Crippen LogP contribution is -2.63. The van der Waals surface area contributed by atoms with Gasteiger partial charge in [-0.25, -0.2) is 9.59 Å². The number of fused-ring (bicyclic) bond motifs is 16. The minimum absolute atomic E-state index is 0.0482.